The fraction of sp³-hybridized carbons (Fsp3) is 0.600. The van der Waals surface area contributed by atoms with Gasteiger partial charge in [-0.2, -0.15) is 0 Å². The molecule has 0 amide bonds. The molecule has 0 aliphatic heterocycles. The second-order valence-electron chi connectivity index (χ2n) is 5.32. The monoisotopic (exact) mass is 313 g/mol. The van der Waals surface area contributed by atoms with Crippen LogP contribution in [0, 0.1) is 11.7 Å². The summed E-state index contributed by atoms with van der Waals surface area (Å²) in [5.41, 5.74) is 1.01. The molecule has 1 saturated carbocycles. The maximum atomic E-state index is 13.4. The molecule has 2 atom stereocenters. The predicted octanol–water partition coefficient (Wildman–Crippen LogP) is 4.65. The van der Waals surface area contributed by atoms with Crippen LogP contribution in [0.1, 0.15) is 44.6 Å². The summed E-state index contributed by atoms with van der Waals surface area (Å²) in [5, 5.41) is 3.60. The topological polar surface area (TPSA) is 12.0 Å². The molecule has 100 valence electrons. The van der Waals surface area contributed by atoms with Crippen LogP contribution in [0.25, 0.3) is 0 Å². The molecule has 1 nitrogen and oxygen atoms in total. The first-order valence-electron chi connectivity index (χ1n) is 6.84. The van der Waals surface area contributed by atoms with Crippen LogP contribution in [-0.4, -0.2) is 6.04 Å². The quantitative estimate of drug-likeness (QED) is 0.801. The Bertz CT molecular complexity index is 394. The summed E-state index contributed by atoms with van der Waals surface area (Å²) < 4.78 is 14.0. The normalized spacial score (nSPS) is 24.8. The van der Waals surface area contributed by atoms with Gasteiger partial charge in [-0.25, -0.2) is 4.39 Å². The van der Waals surface area contributed by atoms with Gasteiger partial charge in [0.15, 0.2) is 0 Å². The van der Waals surface area contributed by atoms with Gasteiger partial charge in [-0.05, 0) is 46.3 Å². The Kier molecular flexibility index (Phi) is 5.19. The van der Waals surface area contributed by atoms with Crippen LogP contribution >= 0.6 is 15.9 Å². The molecule has 18 heavy (non-hydrogen) atoms. The minimum atomic E-state index is -0.178. The van der Waals surface area contributed by atoms with E-state index in [9.17, 15) is 4.39 Å². The molecule has 3 heteroatoms. The highest BCUT2D eigenvalue weighted by Crippen LogP contribution is 2.24. The highest BCUT2D eigenvalue weighted by atomic mass is 79.9. The lowest BCUT2D eigenvalue weighted by molar-refractivity contribution is 0.355. The van der Waals surface area contributed by atoms with Crippen LogP contribution in [0.3, 0.4) is 0 Å². The average molecular weight is 314 g/mol. The maximum Gasteiger partial charge on any atom is 0.137 e. The summed E-state index contributed by atoms with van der Waals surface area (Å²) in [7, 11) is 0. The predicted molar refractivity (Wildman–Crippen MR) is 77.0 cm³/mol. The zero-order chi connectivity index (χ0) is 13.0. The summed E-state index contributed by atoms with van der Waals surface area (Å²) in [4.78, 5) is 0. The molecule has 0 heterocycles. The van der Waals surface area contributed by atoms with Crippen LogP contribution < -0.4 is 5.32 Å². The van der Waals surface area contributed by atoms with E-state index in [0.29, 0.717) is 10.5 Å². The third kappa shape index (κ3) is 3.55. The van der Waals surface area contributed by atoms with Gasteiger partial charge in [0.2, 0.25) is 0 Å². The first-order chi connectivity index (χ1) is 8.68. The standard InChI is InChI=1S/C15H21BrFN/c1-11-6-3-2-4-9-14(11)18-10-12-7-5-8-13(17)15(12)16/h5,7-8,11,14,18H,2-4,6,9-10H2,1H3. The Labute approximate surface area is 117 Å². The number of hydrogen-bond acceptors (Lipinski definition) is 1. The van der Waals surface area contributed by atoms with Crippen LogP contribution in [0.5, 0.6) is 0 Å². The number of hydrogen-bond donors (Lipinski definition) is 1. The van der Waals surface area contributed by atoms with Crippen molar-refractivity contribution < 1.29 is 4.39 Å². The first-order valence-corrected chi connectivity index (χ1v) is 7.64. The average Bonchev–Trinajstić information content (AvgIpc) is 2.56. The SMILES string of the molecule is CC1CCCCCC1NCc1cccc(F)c1Br. The smallest absolute Gasteiger partial charge is 0.137 e. The summed E-state index contributed by atoms with van der Waals surface area (Å²) in [6.45, 7) is 3.07. The minimum Gasteiger partial charge on any atom is -0.310 e. The van der Waals surface area contributed by atoms with E-state index in [2.05, 4.69) is 28.2 Å². The van der Waals surface area contributed by atoms with Gasteiger partial charge in [-0.3, -0.25) is 0 Å². The molecule has 1 N–H and O–H groups in total. The van der Waals surface area contributed by atoms with E-state index in [4.69, 9.17) is 0 Å². The molecule has 1 aliphatic carbocycles. The molecule has 0 aromatic heterocycles. The van der Waals surface area contributed by atoms with Crippen molar-refractivity contribution in [3.05, 3.63) is 34.1 Å². The van der Waals surface area contributed by atoms with Gasteiger partial charge < -0.3 is 5.32 Å². The van der Waals surface area contributed by atoms with Gasteiger partial charge in [0.1, 0.15) is 5.82 Å². The van der Waals surface area contributed by atoms with Crippen molar-refractivity contribution in [3.63, 3.8) is 0 Å². The van der Waals surface area contributed by atoms with Gasteiger partial charge in [-0.1, -0.05) is 38.3 Å². The molecule has 0 bridgehead atoms. The van der Waals surface area contributed by atoms with E-state index in [1.165, 1.54) is 38.2 Å². The molecule has 0 saturated heterocycles. The second kappa shape index (κ2) is 6.67. The largest absolute Gasteiger partial charge is 0.310 e. The van der Waals surface area contributed by atoms with E-state index >= 15 is 0 Å². The van der Waals surface area contributed by atoms with Crippen molar-refractivity contribution in [2.24, 2.45) is 5.92 Å². The Morgan fingerprint density at radius 3 is 2.89 bits per heavy atom. The summed E-state index contributed by atoms with van der Waals surface area (Å²) in [5.74, 6) is 0.544. The van der Waals surface area contributed by atoms with E-state index < -0.39 is 0 Å². The Hall–Kier alpha value is -0.410. The Balaban J connectivity index is 1.95. The van der Waals surface area contributed by atoms with E-state index in [0.717, 1.165) is 18.0 Å². The van der Waals surface area contributed by atoms with Crippen molar-refractivity contribution in [2.45, 2.75) is 51.6 Å². The van der Waals surface area contributed by atoms with Crippen LogP contribution in [0.4, 0.5) is 4.39 Å². The van der Waals surface area contributed by atoms with E-state index in [1.807, 2.05) is 6.07 Å². The second-order valence-corrected chi connectivity index (χ2v) is 6.11. The third-order valence-corrected chi connectivity index (χ3v) is 4.84. The van der Waals surface area contributed by atoms with Gasteiger partial charge in [0.05, 0.1) is 4.47 Å². The van der Waals surface area contributed by atoms with E-state index in [1.54, 1.807) is 6.07 Å². The fourth-order valence-electron chi connectivity index (χ4n) is 2.72. The molecular weight excluding hydrogens is 293 g/mol. The summed E-state index contributed by atoms with van der Waals surface area (Å²) in [6, 6.07) is 5.81. The first kappa shape index (κ1) is 14.0. The lowest BCUT2D eigenvalue weighted by atomic mass is 9.97. The molecule has 1 aromatic carbocycles. The highest BCUT2D eigenvalue weighted by molar-refractivity contribution is 9.10. The number of rotatable bonds is 3. The fourth-order valence-corrected chi connectivity index (χ4v) is 3.13. The molecular formula is C15H21BrFN. The highest BCUT2D eigenvalue weighted by Gasteiger charge is 2.19. The number of nitrogens with one attached hydrogen (secondary N) is 1. The van der Waals surface area contributed by atoms with Gasteiger partial charge in [-0.15, -0.1) is 0 Å². The molecule has 1 aromatic rings. The van der Waals surface area contributed by atoms with Crippen LogP contribution in [0.15, 0.2) is 22.7 Å². The molecule has 1 aliphatic rings. The zero-order valence-electron chi connectivity index (χ0n) is 10.9. The molecule has 2 rings (SSSR count). The van der Waals surface area contributed by atoms with Crippen LogP contribution in [-0.2, 0) is 6.54 Å². The Morgan fingerprint density at radius 1 is 1.28 bits per heavy atom. The van der Waals surface area contributed by atoms with Crippen molar-refractivity contribution in [2.75, 3.05) is 0 Å². The van der Waals surface area contributed by atoms with Crippen LogP contribution in [0.2, 0.25) is 0 Å². The van der Waals surface area contributed by atoms with Gasteiger partial charge in [0.25, 0.3) is 0 Å². The minimum absolute atomic E-state index is 0.178. The molecule has 2 unspecified atom stereocenters. The number of halogens is 2. The van der Waals surface area contributed by atoms with Crippen molar-refractivity contribution in [3.8, 4) is 0 Å². The third-order valence-electron chi connectivity index (χ3n) is 3.95. The van der Waals surface area contributed by atoms with E-state index in [-0.39, 0.29) is 5.82 Å². The lowest BCUT2D eigenvalue weighted by Gasteiger charge is -2.23. The zero-order valence-corrected chi connectivity index (χ0v) is 12.5. The van der Waals surface area contributed by atoms with Gasteiger partial charge in [0, 0.05) is 12.6 Å². The summed E-state index contributed by atoms with van der Waals surface area (Å²) in [6.07, 6.45) is 6.57. The molecule has 1 fully saturated rings. The summed E-state index contributed by atoms with van der Waals surface area (Å²) >= 11 is 3.32. The maximum absolute atomic E-state index is 13.4. The van der Waals surface area contributed by atoms with Crippen molar-refractivity contribution >= 4 is 15.9 Å². The van der Waals surface area contributed by atoms with Crippen molar-refractivity contribution in [1.82, 2.24) is 5.32 Å². The Morgan fingerprint density at radius 2 is 2.06 bits per heavy atom. The molecule has 0 radical (unpaired) electrons. The molecule has 0 spiro atoms. The van der Waals surface area contributed by atoms with Gasteiger partial charge >= 0.3 is 0 Å². The number of benzene rings is 1. The van der Waals surface area contributed by atoms with Crippen molar-refractivity contribution in [1.29, 1.82) is 0 Å². The lowest BCUT2D eigenvalue weighted by Crippen LogP contribution is -2.33.